The SMILES string of the molecule is CC1(c2ccc3c(c2)OCCO3)OCCCO1. The van der Waals surface area contributed by atoms with E-state index in [1.54, 1.807) is 0 Å². The Morgan fingerprint density at radius 3 is 2.41 bits per heavy atom. The fourth-order valence-electron chi connectivity index (χ4n) is 2.13. The molecule has 0 amide bonds. The van der Waals surface area contributed by atoms with Gasteiger partial charge < -0.3 is 18.9 Å². The highest BCUT2D eigenvalue weighted by atomic mass is 16.7. The van der Waals surface area contributed by atoms with E-state index in [9.17, 15) is 0 Å². The molecule has 0 saturated carbocycles. The van der Waals surface area contributed by atoms with Gasteiger partial charge in [-0.2, -0.15) is 0 Å². The molecule has 2 aliphatic rings. The summed E-state index contributed by atoms with van der Waals surface area (Å²) in [6, 6.07) is 5.83. The van der Waals surface area contributed by atoms with E-state index in [0.717, 1.165) is 36.7 Å². The predicted octanol–water partition coefficient (Wildman–Crippen LogP) is 2.07. The van der Waals surface area contributed by atoms with Gasteiger partial charge in [0.15, 0.2) is 17.3 Å². The van der Waals surface area contributed by atoms with Crippen LogP contribution in [-0.4, -0.2) is 26.4 Å². The minimum Gasteiger partial charge on any atom is -0.486 e. The average Bonchev–Trinajstić information content (AvgIpc) is 2.39. The first-order valence-electron chi connectivity index (χ1n) is 5.96. The molecule has 4 heteroatoms. The molecule has 1 aromatic carbocycles. The summed E-state index contributed by atoms with van der Waals surface area (Å²) in [7, 11) is 0. The standard InChI is InChI=1S/C13H16O4/c1-13(16-5-2-6-17-13)10-3-4-11-12(9-10)15-8-7-14-11/h3-4,9H,2,5-8H2,1H3. The number of fused-ring (bicyclic) bond motifs is 1. The maximum Gasteiger partial charge on any atom is 0.192 e. The van der Waals surface area contributed by atoms with Gasteiger partial charge in [0, 0.05) is 5.56 Å². The molecule has 2 heterocycles. The van der Waals surface area contributed by atoms with E-state index in [4.69, 9.17) is 18.9 Å². The molecule has 1 saturated heterocycles. The minimum atomic E-state index is -0.659. The van der Waals surface area contributed by atoms with Crippen molar-refractivity contribution in [3.05, 3.63) is 23.8 Å². The monoisotopic (exact) mass is 236 g/mol. The highest BCUT2D eigenvalue weighted by Crippen LogP contribution is 2.37. The van der Waals surface area contributed by atoms with E-state index < -0.39 is 5.79 Å². The van der Waals surface area contributed by atoms with Crippen LogP contribution in [0.1, 0.15) is 18.9 Å². The maximum absolute atomic E-state index is 5.72. The Hall–Kier alpha value is -1.26. The molecule has 0 spiro atoms. The van der Waals surface area contributed by atoms with Crippen molar-refractivity contribution >= 4 is 0 Å². The van der Waals surface area contributed by atoms with Gasteiger partial charge >= 0.3 is 0 Å². The third kappa shape index (κ3) is 1.98. The fraction of sp³-hybridized carbons (Fsp3) is 0.538. The molecular formula is C13H16O4. The quantitative estimate of drug-likeness (QED) is 0.748. The molecule has 0 radical (unpaired) electrons. The van der Waals surface area contributed by atoms with Crippen molar-refractivity contribution in [1.82, 2.24) is 0 Å². The summed E-state index contributed by atoms with van der Waals surface area (Å²) in [6.07, 6.45) is 0.945. The summed E-state index contributed by atoms with van der Waals surface area (Å²) in [5.74, 6) is 0.904. The Labute approximate surface area is 100 Å². The Morgan fingerprint density at radius 1 is 0.941 bits per heavy atom. The molecule has 1 fully saturated rings. The predicted molar refractivity (Wildman–Crippen MR) is 61.3 cm³/mol. The molecule has 0 bridgehead atoms. The van der Waals surface area contributed by atoms with Gasteiger partial charge in [-0.25, -0.2) is 0 Å². The Balaban J connectivity index is 1.92. The second kappa shape index (κ2) is 4.20. The van der Waals surface area contributed by atoms with E-state index in [-0.39, 0.29) is 0 Å². The average molecular weight is 236 g/mol. The van der Waals surface area contributed by atoms with Crippen molar-refractivity contribution in [2.24, 2.45) is 0 Å². The fourth-order valence-corrected chi connectivity index (χ4v) is 2.13. The zero-order valence-electron chi connectivity index (χ0n) is 9.90. The largest absolute Gasteiger partial charge is 0.486 e. The highest BCUT2D eigenvalue weighted by Gasteiger charge is 2.32. The normalized spacial score (nSPS) is 22.2. The number of rotatable bonds is 1. The summed E-state index contributed by atoms with van der Waals surface area (Å²) in [6.45, 7) is 4.60. The van der Waals surface area contributed by atoms with E-state index in [0.29, 0.717) is 13.2 Å². The highest BCUT2D eigenvalue weighted by molar-refractivity contribution is 5.45. The van der Waals surface area contributed by atoms with Gasteiger partial charge in [-0.05, 0) is 31.5 Å². The van der Waals surface area contributed by atoms with Crippen molar-refractivity contribution in [1.29, 1.82) is 0 Å². The van der Waals surface area contributed by atoms with Crippen LogP contribution < -0.4 is 9.47 Å². The first-order chi connectivity index (χ1) is 8.28. The van der Waals surface area contributed by atoms with Crippen LogP contribution in [0.5, 0.6) is 11.5 Å². The Bertz CT molecular complexity index is 410. The summed E-state index contributed by atoms with van der Waals surface area (Å²) in [5, 5.41) is 0. The van der Waals surface area contributed by atoms with Crippen LogP contribution in [0.4, 0.5) is 0 Å². The van der Waals surface area contributed by atoms with Gasteiger partial charge in [-0.3, -0.25) is 0 Å². The molecule has 17 heavy (non-hydrogen) atoms. The molecule has 92 valence electrons. The second-order valence-corrected chi connectivity index (χ2v) is 4.35. The van der Waals surface area contributed by atoms with Gasteiger partial charge in [0.1, 0.15) is 13.2 Å². The van der Waals surface area contributed by atoms with Gasteiger partial charge in [0.25, 0.3) is 0 Å². The molecule has 0 atom stereocenters. The van der Waals surface area contributed by atoms with Crippen LogP contribution in [0, 0.1) is 0 Å². The first kappa shape index (κ1) is 10.9. The second-order valence-electron chi connectivity index (χ2n) is 4.35. The molecule has 4 nitrogen and oxygen atoms in total. The summed E-state index contributed by atoms with van der Waals surface area (Å²) < 4.78 is 22.5. The van der Waals surface area contributed by atoms with Gasteiger partial charge in [-0.15, -0.1) is 0 Å². The van der Waals surface area contributed by atoms with Crippen molar-refractivity contribution in [2.45, 2.75) is 19.1 Å². The van der Waals surface area contributed by atoms with Crippen molar-refractivity contribution in [3.63, 3.8) is 0 Å². The summed E-state index contributed by atoms with van der Waals surface area (Å²) in [5.41, 5.74) is 0.974. The van der Waals surface area contributed by atoms with Gasteiger partial charge in [0.05, 0.1) is 13.2 Å². The molecule has 0 N–H and O–H groups in total. The number of ether oxygens (including phenoxy) is 4. The smallest absolute Gasteiger partial charge is 0.192 e. The number of benzene rings is 1. The van der Waals surface area contributed by atoms with E-state index in [1.807, 2.05) is 25.1 Å². The number of hydrogen-bond donors (Lipinski definition) is 0. The van der Waals surface area contributed by atoms with Crippen LogP contribution in [0.3, 0.4) is 0 Å². The summed E-state index contributed by atoms with van der Waals surface area (Å²) in [4.78, 5) is 0. The van der Waals surface area contributed by atoms with E-state index in [1.165, 1.54) is 0 Å². The topological polar surface area (TPSA) is 36.9 Å². The number of hydrogen-bond acceptors (Lipinski definition) is 4. The van der Waals surface area contributed by atoms with Gasteiger partial charge in [0.2, 0.25) is 0 Å². The lowest BCUT2D eigenvalue weighted by Gasteiger charge is -2.34. The maximum atomic E-state index is 5.72. The van der Waals surface area contributed by atoms with Crippen LogP contribution in [0.15, 0.2) is 18.2 Å². The first-order valence-corrected chi connectivity index (χ1v) is 5.96. The Kier molecular flexibility index (Phi) is 2.68. The molecular weight excluding hydrogens is 220 g/mol. The molecule has 3 rings (SSSR count). The molecule has 0 unspecified atom stereocenters. The van der Waals surface area contributed by atoms with E-state index >= 15 is 0 Å². The van der Waals surface area contributed by atoms with Crippen LogP contribution in [0.2, 0.25) is 0 Å². The Morgan fingerprint density at radius 2 is 1.65 bits per heavy atom. The lowest BCUT2D eigenvalue weighted by molar-refractivity contribution is -0.264. The lowest BCUT2D eigenvalue weighted by atomic mass is 10.1. The zero-order chi connectivity index (χ0) is 11.7. The molecule has 0 aromatic heterocycles. The van der Waals surface area contributed by atoms with Crippen LogP contribution in [0.25, 0.3) is 0 Å². The van der Waals surface area contributed by atoms with Crippen LogP contribution >= 0.6 is 0 Å². The van der Waals surface area contributed by atoms with Crippen molar-refractivity contribution < 1.29 is 18.9 Å². The third-order valence-electron chi connectivity index (χ3n) is 3.11. The third-order valence-corrected chi connectivity index (χ3v) is 3.11. The minimum absolute atomic E-state index is 0.592. The molecule has 1 aromatic rings. The van der Waals surface area contributed by atoms with Crippen molar-refractivity contribution in [2.75, 3.05) is 26.4 Å². The summed E-state index contributed by atoms with van der Waals surface area (Å²) >= 11 is 0. The van der Waals surface area contributed by atoms with Gasteiger partial charge in [-0.1, -0.05) is 0 Å². The lowest BCUT2D eigenvalue weighted by Crippen LogP contribution is -2.35. The molecule has 0 aliphatic carbocycles. The van der Waals surface area contributed by atoms with Crippen LogP contribution in [-0.2, 0) is 15.3 Å². The zero-order valence-corrected chi connectivity index (χ0v) is 9.90. The van der Waals surface area contributed by atoms with Crippen molar-refractivity contribution in [3.8, 4) is 11.5 Å². The van der Waals surface area contributed by atoms with E-state index in [2.05, 4.69) is 0 Å². The molecule has 2 aliphatic heterocycles.